The Hall–Kier alpha value is -2.37. The smallest absolute Gasteiger partial charge is 0.377 e. The molecule has 0 aliphatic carbocycles. The maximum absolute atomic E-state index is 11.6. The molecule has 0 spiro atoms. The zero-order chi connectivity index (χ0) is 12.4. The molecule has 1 aromatic carbocycles. The van der Waals surface area contributed by atoms with Crippen LogP contribution in [0.1, 0.15) is 20.7 Å². The van der Waals surface area contributed by atoms with Crippen molar-refractivity contribution in [1.29, 1.82) is 0 Å². The maximum atomic E-state index is 11.6. The summed E-state index contributed by atoms with van der Waals surface area (Å²) in [5.74, 6) is -2.63. The van der Waals surface area contributed by atoms with Crippen LogP contribution in [-0.2, 0) is 4.79 Å². The number of carboxylic acids is 1. The number of rotatable bonds is 2. The van der Waals surface area contributed by atoms with E-state index in [-0.39, 0.29) is 17.0 Å². The standard InChI is InChI=1S/C11H9NO5/c13-9(11(15)16)6-1-2-8-7(5-6)10(14)12-3-4-17-8/h1-2,5H,3-4H2,(H,12,14)(H,15,16). The van der Waals surface area contributed by atoms with Crippen molar-refractivity contribution in [2.24, 2.45) is 0 Å². The summed E-state index contributed by atoms with van der Waals surface area (Å²) in [7, 11) is 0. The highest BCUT2D eigenvalue weighted by Crippen LogP contribution is 2.21. The molecule has 0 fully saturated rings. The largest absolute Gasteiger partial charge is 0.491 e. The summed E-state index contributed by atoms with van der Waals surface area (Å²) >= 11 is 0. The molecule has 1 aliphatic heterocycles. The van der Waals surface area contributed by atoms with Gasteiger partial charge in [-0.15, -0.1) is 0 Å². The molecule has 17 heavy (non-hydrogen) atoms. The van der Waals surface area contributed by atoms with Crippen molar-refractivity contribution in [3.05, 3.63) is 29.3 Å². The second-order valence-corrected chi connectivity index (χ2v) is 3.45. The summed E-state index contributed by atoms with van der Waals surface area (Å²) in [5.41, 5.74) is 0.131. The summed E-state index contributed by atoms with van der Waals surface area (Å²) in [6.45, 7) is 0.709. The average Bonchev–Trinajstić information content (AvgIpc) is 2.50. The highest BCUT2D eigenvalue weighted by molar-refractivity contribution is 6.40. The van der Waals surface area contributed by atoms with Gasteiger partial charge in [-0.1, -0.05) is 0 Å². The monoisotopic (exact) mass is 235 g/mol. The number of carbonyl (C=O) groups is 3. The molecule has 1 aromatic rings. The van der Waals surface area contributed by atoms with Crippen molar-refractivity contribution >= 4 is 17.7 Å². The molecule has 1 heterocycles. The van der Waals surface area contributed by atoms with Crippen molar-refractivity contribution in [2.45, 2.75) is 0 Å². The van der Waals surface area contributed by atoms with Crippen LogP contribution < -0.4 is 10.1 Å². The van der Waals surface area contributed by atoms with Gasteiger partial charge in [0.25, 0.3) is 11.7 Å². The molecule has 0 saturated heterocycles. The molecule has 0 unspecified atom stereocenters. The minimum Gasteiger partial charge on any atom is -0.491 e. The van der Waals surface area contributed by atoms with Gasteiger partial charge in [0.2, 0.25) is 0 Å². The van der Waals surface area contributed by atoms with Crippen LogP contribution in [0.2, 0.25) is 0 Å². The number of Topliss-reactive ketones (excluding diaryl/α,β-unsaturated/α-hetero) is 1. The number of carboxylic acid groups (broad SMARTS) is 1. The molecule has 0 radical (unpaired) electrons. The molecule has 1 aliphatic rings. The van der Waals surface area contributed by atoms with Crippen molar-refractivity contribution in [3.63, 3.8) is 0 Å². The zero-order valence-corrected chi connectivity index (χ0v) is 8.73. The zero-order valence-electron chi connectivity index (χ0n) is 8.73. The second-order valence-electron chi connectivity index (χ2n) is 3.45. The van der Waals surface area contributed by atoms with E-state index in [1.165, 1.54) is 18.2 Å². The van der Waals surface area contributed by atoms with Crippen molar-refractivity contribution in [1.82, 2.24) is 5.32 Å². The van der Waals surface area contributed by atoms with Crippen molar-refractivity contribution in [3.8, 4) is 5.75 Å². The van der Waals surface area contributed by atoms with Crippen LogP contribution in [0, 0.1) is 0 Å². The summed E-state index contributed by atoms with van der Waals surface area (Å²) in [6.07, 6.45) is 0. The Morgan fingerprint density at radius 2 is 2.12 bits per heavy atom. The third kappa shape index (κ3) is 2.10. The number of benzene rings is 1. The first-order chi connectivity index (χ1) is 8.09. The Labute approximate surface area is 96.2 Å². The molecule has 88 valence electrons. The molecule has 2 N–H and O–H groups in total. The van der Waals surface area contributed by atoms with Gasteiger partial charge < -0.3 is 15.2 Å². The summed E-state index contributed by atoms with van der Waals surface area (Å²) in [5, 5.41) is 11.2. The molecule has 0 bridgehead atoms. The number of aliphatic carboxylic acids is 1. The summed E-state index contributed by atoms with van der Waals surface area (Å²) in [6, 6.07) is 3.98. The third-order valence-corrected chi connectivity index (χ3v) is 2.33. The number of amides is 1. The summed E-state index contributed by atoms with van der Waals surface area (Å²) < 4.78 is 5.27. The lowest BCUT2D eigenvalue weighted by Crippen LogP contribution is -2.24. The van der Waals surface area contributed by atoms with Gasteiger partial charge in [-0.05, 0) is 18.2 Å². The van der Waals surface area contributed by atoms with Crippen LogP contribution in [0.5, 0.6) is 5.75 Å². The van der Waals surface area contributed by atoms with Crippen LogP contribution >= 0.6 is 0 Å². The normalized spacial score (nSPS) is 14.0. The van der Waals surface area contributed by atoms with E-state index >= 15 is 0 Å². The molecular formula is C11H9NO5. The first-order valence-corrected chi connectivity index (χ1v) is 4.92. The summed E-state index contributed by atoms with van der Waals surface area (Å²) in [4.78, 5) is 33.4. The van der Waals surface area contributed by atoms with Gasteiger partial charge in [0.05, 0.1) is 12.1 Å². The number of ether oxygens (including phenoxy) is 1. The molecule has 2 rings (SSSR count). The predicted octanol–water partition coefficient (Wildman–Crippen LogP) is 0.0761. The lowest BCUT2D eigenvalue weighted by molar-refractivity contribution is -0.131. The fraction of sp³-hybridized carbons (Fsp3) is 0.182. The van der Waals surface area contributed by atoms with Crippen molar-refractivity contribution in [2.75, 3.05) is 13.2 Å². The highest BCUT2D eigenvalue weighted by atomic mass is 16.5. The van der Waals surface area contributed by atoms with E-state index in [0.29, 0.717) is 18.9 Å². The van der Waals surface area contributed by atoms with E-state index in [4.69, 9.17) is 9.84 Å². The number of hydrogen-bond donors (Lipinski definition) is 2. The fourth-order valence-electron chi connectivity index (χ4n) is 1.52. The Bertz CT molecular complexity index is 509. The Balaban J connectivity index is 2.45. The van der Waals surface area contributed by atoms with E-state index in [0.717, 1.165) is 0 Å². The lowest BCUT2D eigenvalue weighted by atomic mass is 10.1. The van der Waals surface area contributed by atoms with Gasteiger partial charge in [0.15, 0.2) is 0 Å². The van der Waals surface area contributed by atoms with E-state index in [2.05, 4.69) is 5.32 Å². The number of fused-ring (bicyclic) bond motifs is 1. The lowest BCUT2D eigenvalue weighted by Gasteiger charge is -2.06. The number of hydrogen-bond acceptors (Lipinski definition) is 4. The average molecular weight is 235 g/mol. The topological polar surface area (TPSA) is 92.7 Å². The molecule has 0 atom stereocenters. The van der Waals surface area contributed by atoms with E-state index in [1.54, 1.807) is 0 Å². The molecule has 6 nitrogen and oxygen atoms in total. The molecule has 0 saturated carbocycles. The van der Waals surface area contributed by atoms with Crippen molar-refractivity contribution < 1.29 is 24.2 Å². The minimum atomic E-state index is -1.56. The van der Waals surface area contributed by atoms with Gasteiger partial charge in [-0.3, -0.25) is 9.59 Å². The highest BCUT2D eigenvalue weighted by Gasteiger charge is 2.21. The van der Waals surface area contributed by atoms with Gasteiger partial charge >= 0.3 is 5.97 Å². The van der Waals surface area contributed by atoms with Gasteiger partial charge in [0.1, 0.15) is 12.4 Å². The minimum absolute atomic E-state index is 0.0445. The van der Waals surface area contributed by atoms with E-state index in [1.807, 2.05) is 0 Å². The van der Waals surface area contributed by atoms with Crippen LogP contribution in [-0.4, -0.2) is 35.9 Å². The van der Waals surface area contributed by atoms with E-state index in [9.17, 15) is 14.4 Å². The Morgan fingerprint density at radius 3 is 2.82 bits per heavy atom. The first kappa shape index (κ1) is 11.1. The van der Waals surface area contributed by atoms with Crippen LogP contribution in [0.15, 0.2) is 18.2 Å². The third-order valence-electron chi connectivity index (χ3n) is 2.33. The fourth-order valence-corrected chi connectivity index (χ4v) is 1.52. The van der Waals surface area contributed by atoms with Gasteiger partial charge in [-0.25, -0.2) is 4.79 Å². The number of nitrogens with one attached hydrogen (secondary N) is 1. The van der Waals surface area contributed by atoms with Crippen LogP contribution in [0.25, 0.3) is 0 Å². The quantitative estimate of drug-likeness (QED) is 0.559. The Morgan fingerprint density at radius 1 is 1.35 bits per heavy atom. The first-order valence-electron chi connectivity index (χ1n) is 4.92. The van der Waals surface area contributed by atoms with Gasteiger partial charge in [0, 0.05) is 5.56 Å². The molecule has 0 aromatic heterocycles. The van der Waals surface area contributed by atoms with Gasteiger partial charge in [-0.2, -0.15) is 0 Å². The van der Waals surface area contributed by atoms with Crippen LogP contribution in [0.4, 0.5) is 0 Å². The predicted molar refractivity (Wildman–Crippen MR) is 56.2 cm³/mol. The molecular weight excluding hydrogens is 226 g/mol. The molecule has 6 heteroatoms. The Kier molecular flexibility index (Phi) is 2.78. The van der Waals surface area contributed by atoms with Crippen LogP contribution in [0.3, 0.4) is 0 Å². The number of ketones is 1. The SMILES string of the molecule is O=C(O)C(=O)c1ccc2c(c1)C(=O)NCCO2. The maximum Gasteiger partial charge on any atom is 0.377 e. The second kappa shape index (κ2) is 4.25. The van der Waals surface area contributed by atoms with E-state index < -0.39 is 11.8 Å². The molecule has 1 amide bonds. The number of carbonyl (C=O) groups excluding carboxylic acids is 2.